The summed E-state index contributed by atoms with van der Waals surface area (Å²) in [6, 6.07) is 16.2. The number of benzene rings is 3. The molecular weight excluding hydrogens is 763 g/mol. The van der Waals surface area contributed by atoms with Crippen LogP contribution in [-0.2, 0) is 26.3 Å². The standard InChI is InChI=1S/C43H45N5O9S/c1-24-16-38(50)57-37-20-29(11-14-32(24)37)44-42(52)36-21-30(49)23-48(36)43(53)28-17-27-18-31(56-4)12-15-33(27)40-39(25-8-6-5-7-9-25)34-13-10-26(19-35(34)47(40)22-28)41(51)45-58(54,55)46(2)3/h10-20,25,30,36,49H,5-9,21-23H2,1-4H3,(H,44,52)(H,45,51)/t30-,36+/m1/s1. The largest absolute Gasteiger partial charge is 0.497 e. The number of β-amino-alcohol motifs (C(OH)–C–C–N with tert-alkyl or cyclic N) is 1. The van der Waals surface area contributed by atoms with Crippen molar-refractivity contribution in [1.82, 2.24) is 18.5 Å². The summed E-state index contributed by atoms with van der Waals surface area (Å²) in [5.41, 5.74) is 5.60. The van der Waals surface area contributed by atoms with E-state index in [0.717, 1.165) is 75.1 Å². The summed E-state index contributed by atoms with van der Waals surface area (Å²) in [5, 5.41) is 15.4. The average molecular weight is 808 g/mol. The second-order valence-electron chi connectivity index (χ2n) is 15.6. The molecule has 3 N–H and O–H groups in total. The van der Waals surface area contributed by atoms with E-state index in [4.69, 9.17) is 9.15 Å². The summed E-state index contributed by atoms with van der Waals surface area (Å²) in [7, 11) is 0.158. The summed E-state index contributed by atoms with van der Waals surface area (Å²) >= 11 is 0. The third-order valence-electron chi connectivity index (χ3n) is 11.6. The van der Waals surface area contributed by atoms with Gasteiger partial charge in [0.1, 0.15) is 17.4 Å². The molecule has 302 valence electrons. The van der Waals surface area contributed by atoms with Crippen LogP contribution in [-0.4, -0.2) is 84.9 Å². The predicted octanol–water partition coefficient (Wildman–Crippen LogP) is 5.31. The summed E-state index contributed by atoms with van der Waals surface area (Å²) < 4.78 is 41.4. The second kappa shape index (κ2) is 15.2. The molecule has 15 heteroatoms. The van der Waals surface area contributed by atoms with Crippen molar-refractivity contribution in [2.75, 3.05) is 33.1 Å². The maximum absolute atomic E-state index is 14.9. The molecule has 1 aliphatic carbocycles. The summed E-state index contributed by atoms with van der Waals surface area (Å²) in [6.45, 7) is 1.77. The fourth-order valence-corrected chi connectivity index (χ4v) is 9.21. The first-order chi connectivity index (χ1) is 27.7. The maximum Gasteiger partial charge on any atom is 0.336 e. The molecule has 0 spiro atoms. The number of rotatable bonds is 8. The molecule has 0 radical (unpaired) electrons. The van der Waals surface area contributed by atoms with Gasteiger partial charge in [-0.25, -0.2) is 9.52 Å². The zero-order chi connectivity index (χ0) is 41.0. The molecule has 4 heterocycles. The highest BCUT2D eigenvalue weighted by molar-refractivity contribution is 7.87. The normalized spacial score (nSPS) is 18.4. The lowest BCUT2D eigenvalue weighted by Crippen LogP contribution is -2.44. The van der Waals surface area contributed by atoms with Crippen molar-refractivity contribution in [3.8, 4) is 17.0 Å². The molecule has 2 aromatic heterocycles. The van der Waals surface area contributed by atoms with Crippen molar-refractivity contribution in [2.24, 2.45) is 0 Å². The molecule has 2 fully saturated rings. The zero-order valence-corrected chi connectivity index (χ0v) is 33.5. The fraction of sp³-hybridized carbons (Fsp3) is 0.349. The van der Waals surface area contributed by atoms with Crippen LogP contribution < -0.4 is 20.4 Å². The minimum atomic E-state index is -4.07. The number of aliphatic hydroxyl groups excluding tert-OH is 1. The Morgan fingerprint density at radius 3 is 2.47 bits per heavy atom. The zero-order valence-electron chi connectivity index (χ0n) is 32.7. The van der Waals surface area contributed by atoms with Crippen LogP contribution in [0.3, 0.4) is 0 Å². The molecule has 2 atom stereocenters. The van der Waals surface area contributed by atoms with E-state index in [2.05, 4.69) is 10.0 Å². The summed E-state index contributed by atoms with van der Waals surface area (Å²) in [6.07, 6.45) is 6.03. The highest BCUT2D eigenvalue weighted by Gasteiger charge is 2.41. The molecular formula is C43H45N5O9S. The van der Waals surface area contributed by atoms with Gasteiger partial charge in [0.2, 0.25) is 5.91 Å². The van der Waals surface area contributed by atoms with Gasteiger partial charge < -0.3 is 29.0 Å². The number of hydrogen-bond acceptors (Lipinski definition) is 9. The lowest BCUT2D eigenvalue weighted by atomic mass is 9.81. The Morgan fingerprint density at radius 1 is 0.966 bits per heavy atom. The van der Waals surface area contributed by atoms with Gasteiger partial charge >= 0.3 is 15.8 Å². The maximum atomic E-state index is 14.9. The van der Waals surface area contributed by atoms with Gasteiger partial charge in [0, 0.05) is 77.9 Å². The number of nitrogens with one attached hydrogen (secondary N) is 2. The van der Waals surface area contributed by atoms with Crippen LogP contribution in [0, 0.1) is 6.92 Å². The molecule has 3 amide bonds. The lowest BCUT2D eigenvalue weighted by molar-refractivity contribution is -0.133. The molecule has 8 rings (SSSR count). The van der Waals surface area contributed by atoms with Gasteiger partial charge in [-0.2, -0.15) is 12.7 Å². The van der Waals surface area contributed by atoms with Gasteiger partial charge in [0.15, 0.2) is 0 Å². The van der Waals surface area contributed by atoms with E-state index < -0.39 is 45.7 Å². The minimum absolute atomic E-state index is 0.00882. The molecule has 1 saturated heterocycles. The first-order valence-corrected chi connectivity index (χ1v) is 20.8. The van der Waals surface area contributed by atoms with Crippen LogP contribution >= 0.6 is 0 Å². The smallest absolute Gasteiger partial charge is 0.336 e. The van der Waals surface area contributed by atoms with Crippen LogP contribution in [0.1, 0.15) is 71.5 Å². The first kappa shape index (κ1) is 39.1. The highest BCUT2D eigenvalue weighted by atomic mass is 32.2. The third-order valence-corrected chi connectivity index (χ3v) is 13.0. The Labute approximate surface area is 335 Å². The average Bonchev–Trinajstić information content (AvgIpc) is 3.69. The molecule has 0 unspecified atom stereocenters. The predicted molar refractivity (Wildman–Crippen MR) is 220 cm³/mol. The van der Waals surface area contributed by atoms with Gasteiger partial charge in [0.25, 0.3) is 11.8 Å². The Kier molecular flexibility index (Phi) is 10.2. The van der Waals surface area contributed by atoms with Gasteiger partial charge in [-0.15, -0.1) is 0 Å². The molecule has 3 aromatic carbocycles. The number of aryl methyl sites for hydroxylation is 1. The van der Waals surface area contributed by atoms with Crippen LogP contribution in [0.15, 0.2) is 75.4 Å². The lowest BCUT2D eigenvalue weighted by Gasteiger charge is -2.25. The van der Waals surface area contributed by atoms with Crippen molar-refractivity contribution >= 4 is 61.6 Å². The van der Waals surface area contributed by atoms with E-state index in [1.165, 1.54) is 25.1 Å². The van der Waals surface area contributed by atoms with Crippen molar-refractivity contribution < 1.29 is 37.1 Å². The SMILES string of the molecule is COc1ccc2c(c1)C=C(C(=O)N1C[C@H](O)C[C@H]1C(=O)Nc1ccc3c(C)cc(=O)oc3c1)Cn1c-2c(C2CCCCC2)c2ccc(C(=O)NS(=O)(=O)N(C)C)cc21. The van der Waals surface area contributed by atoms with Crippen molar-refractivity contribution in [1.29, 1.82) is 0 Å². The van der Waals surface area contributed by atoms with E-state index in [1.807, 2.05) is 28.8 Å². The number of hydrogen-bond donors (Lipinski definition) is 3. The number of amides is 3. The van der Waals surface area contributed by atoms with Crippen LogP contribution in [0.4, 0.5) is 5.69 Å². The van der Waals surface area contributed by atoms with E-state index in [0.29, 0.717) is 28.1 Å². The van der Waals surface area contributed by atoms with Gasteiger partial charge in [-0.05, 0) is 90.9 Å². The number of carbonyl (C=O) groups is 3. The number of anilines is 1. The number of aliphatic hydroxyl groups is 1. The molecule has 58 heavy (non-hydrogen) atoms. The van der Waals surface area contributed by atoms with E-state index in [1.54, 1.807) is 50.4 Å². The highest BCUT2D eigenvalue weighted by Crippen LogP contribution is 2.47. The minimum Gasteiger partial charge on any atom is -0.497 e. The summed E-state index contributed by atoms with van der Waals surface area (Å²) in [4.78, 5) is 55.7. The number of nitrogens with zero attached hydrogens (tertiary/aromatic N) is 3. The van der Waals surface area contributed by atoms with Crippen LogP contribution in [0.2, 0.25) is 0 Å². The topological polar surface area (TPSA) is 180 Å². The molecule has 1 saturated carbocycles. The Morgan fingerprint density at radius 2 is 1.72 bits per heavy atom. The molecule has 5 aromatic rings. The number of carbonyl (C=O) groups excluding carboxylic acids is 3. The molecule has 3 aliphatic rings. The van der Waals surface area contributed by atoms with Crippen LogP contribution in [0.25, 0.3) is 39.2 Å². The Hall–Kier alpha value is -5.77. The Balaban J connectivity index is 1.21. The van der Waals surface area contributed by atoms with E-state index in [9.17, 15) is 32.7 Å². The van der Waals surface area contributed by atoms with Gasteiger partial charge in [-0.3, -0.25) is 14.4 Å². The van der Waals surface area contributed by atoms with Crippen molar-refractivity contribution in [2.45, 2.75) is 70.1 Å². The molecule has 0 bridgehead atoms. The Bertz CT molecular complexity index is 2710. The number of aromatic nitrogens is 1. The van der Waals surface area contributed by atoms with Crippen molar-refractivity contribution in [3.05, 3.63) is 98.9 Å². The van der Waals surface area contributed by atoms with Crippen LogP contribution in [0.5, 0.6) is 5.75 Å². The quantitative estimate of drug-likeness (QED) is 0.175. The van der Waals surface area contributed by atoms with E-state index in [-0.39, 0.29) is 31.0 Å². The number of fused-ring (bicyclic) bond motifs is 6. The number of ether oxygens (including phenoxy) is 1. The summed E-state index contributed by atoms with van der Waals surface area (Å²) in [5.74, 6) is -0.972. The second-order valence-corrected chi connectivity index (χ2v) is 17.5. The monoisotopic (exact) mass is 807 g/mol. The first-order valence-electron chi connectivity index (χ1n) is 19.4. The number of likely N-dealkylation sites (tertiary alicyclic amines) is 1. The van der Waals surface area contributed by atoms with Gasteiger partial charge in [0.05, 0.1) is 25.5 Å². The van der Waals surface area contributed by atoms with E-state index >= 15 is 0 Å². The number of methoxy groups -OCH3 is 1. The molecule has 2 aliphatic heterocycles. The van der Waals surface area contributed by atoms with Crippen molar-refractivity contribution in [3.63, 3.8) is 0 Å². The molecule has 14 nitrogen and oxygen atoms in total. The third kappa shape index (κ3) is 7.18. The van der Waals surface area contributed by atoms with Gasteiger partial charge in [-0.1, -0.05) is 25.3 Å². The fourth-order valence-electron chi connectivity index (χ4n) is 8.68.